The van der Waals surface area contributed by atoms with Crippen LogP contribution in [0.1, 0.15) is 30.7 Å². The smallest absolute Gasteiger partial charge is 0.254 e. The Bertz CT molecular complexity index is 1120. The predicted molar refractivity (Wildman–Crippen MR) is 118 cm³/mol. The number of unbranched alkanes of at least 4 members (excludes halogenated alkanes) is 1. The van der Waals surface area contributed by atoms with E-state index >= 15 is 0 Å². The molecule has 3 N–H and O–H groups in total. The summed E-state index contributed by atoms with van der Waals surface area (Å²) < 4.78 is 10.9. The van der Waals surface area contributed by atoms with Crippen molar-refractivity contribution in [3.63, 3.8) is 0 Å². The van der Waals surface area contributed by atoms with Gasteiger partial charge in [-0.3, -0.25) is 0 Å². The van der Waals surface area contributed by atoms with Crippen molar-refractivity contribution >= 4 is 33.8 Å². The summed E-state index contributed by atoms with van der Waals surface area (Å²) >= 11 is 1.61. The van der Waals surface area contributed by atoms with E-state index < -0.39 is 0 Å². The van der Waals surface area contributed by atoms with Crippen molar-refractivity contribution in [3.8, 4) is 16.5 Å². The summed E-state index contributed by atoms with van der Waals surface area (Å²) in [4.78, 5) is 5.66. The summed E-state index contributed by atoms with van der Waals surface area (Å²) in [5.74, 6) is 2.09. The Morgan fingerprint density at radius 2 is 2.00 bits per heavy atom. The number of benzene rings is 2. The van der Waals surface area contributed by atoms with Gasteiger partial charge in [-0.25, -0.2) is 0 Å². The van der Waals surface area contributed by atoms with E-state index in [2.05, 4.69) is 46.2 Å². The van der Waals surface area contributed by atoms with Crippen molar-refractivity contribution in [1.82, 2.24) is 10.1 Å². The second-order valence-electron chi connectivity index (χ2n) is 6.85. The average Bonchev–Trinajstić information content (AvgIpc) is 3.44. The molecule has 0 aliphatic carbocycles. The number of quaternary nitrogens is 1. The maximum Gasteiger partial charge on any atom is 0.254 e. The van der Waals surface area contributed by atoms with Crippen molar-refractivity contribution in [2.24, 2.45) is 0 Å². The van der Waals surface area contributed by atoms with Crippen LogP contribution in [0.5, 0.6) is 5.75 Å². The van der Waals surface area contributed by atoms with Gasteiger partial charge in [0.15, 0.2) is 0 Å². The number of aromatic nitrogens is 2. The zero-order valence-electron chi connectivity index (χ0n) is 16.4. The van der Waals surface area contributed by atoms with E-state index in [1.165, 1.54) is 5.39 Å². The third kappa shape index (κ3) is 4.55. The topological polar surface area (TPSA) is 75.8 Å². The highest BCUT2D eigenvalue weighted by atomic mass is 32.1. The highest BCUT2D eigenvalue weighted by Gasteiger charge is 2.14. The number of ether oxygens (including phenoxy) is 1. The van der Waals surface area contributed by atoms with Crippen LogP contribution in [-0.2, 0) is 0 Å². The van der Waals surface area contributed by atoms with Crippen LogP contribution in [0, 0.1) is 0 Å². The molecule has 6 heteroatoms. The summed E-state index contributed by atoms with van der Waals surface area (Å²) in [6.07, 6.45) is 5.14. The van der Waals surface area contributed by atoms with Crippen LogP contribution in [0.2, 0.25) is 0 Å². The molecule has 2 aromatic heterocycles. The van der Waals surface area contributed by atoms with Gasteiger partial charge in [0.05, 0.1) is 18.5 Å². The molecular weight excluding hydrogens is 382 g/mol. The second-order valence-corrected chi connectivity index (χ2v) is 7.80. The Labute approximate surface area is 173 Å². The van der Waals surface area contributed by atoms with Crippen LogP contribution in [-0.4, -0.2) is 23.8 Å². The molecule has 0 saturated heterocycles. The molecule has 0 radical (unpaired) electrons. The Balaban J connectivity index is 1.67. The van der Waals surface area contributed by atoms with Gasteiger partial charge in [0.1, 0.15) is 5.75 Å². The number of hydrogen-bond acceptors (Lipinski definition) is 5. The molecule has 29 heavy (non-hydrogen) atoms. The van der Waals surface area contributed by atoms with Crippen molar-refractivity contribution < 1.29 is 15.0 Å². The minimum Gasteiger partial charge on any atom is -0.497 e. The third-order valence-corrected chi connectivity index (χ3v) is 5.67. The number of fused-ring (bicyclic) bond motifs is 1. The van der Waals surface area contributed by atoms with Crippen molar-refractivity contribution in [2.75, 3.05) is 13.7 Å². The highest BCUT2D eigenvalue weighted by Crippen LogP contribution is 2.28. The van der Waals surface area contributed by atoms with Crippen LogP contribution in [0.3, 0.4) is 0 Å². The van der Waals surface area contributed by atoms with Gasteiger partial charge >= 0.3 is 0 Å². The molecular formula is C23H24N3O2S+. The summed E-state index contributed by atoms with van der Waals surface area (Å²) in [7, 11) is 1.69. The SMILES string of the molecule is COc1ccc2cc(/C=C(\CCCC[NH3+])c3nc(-c4cccs4)no3)ccc2c1. The lowest BCUT2D eigenvalue weighted by Gasteiger charge is -2.05. The Kier molecular flexibility index (Phi) is 6.03. The standard InChI is InChI=1S/C23H23N3O2S/c1-27-20-10-9-17-13-16(7-8-18(17)15-20)14-19(5-2-3-11-24)23-25-22(26-28-23)21-6-4-12-29-21/h4,6-10,12-15H,2-3,5,11,24H2,1H3/p+1/b19-14+. The lowest BCUT2D eigenvalue weighted by molar-refractivity contribution is -0.368. The molecule has 0 aliphatic heterocycles. The molecule has 2 heterocycles. The van der Waals surface area contributed by atoms with E-state index in [1.54, 1.807) is 18.4 Å². The number of rotatable bonds is 8. The highest BCUT2D eigenvalue weighted by molar-refractivity contribution is 7.13. The molecule has 0 bridgehead atoms. The summed E-state index contributed by atoms with van der Waals surface area (Å²) in [6.45, 7) is 0.926. The zero-order valence-corrected chi connectivity index (χ0v) is 17.2. The molecule has 0 atom stereocenters. The summed E-state index contributed by atoms with van der Waals surface area (Å²) in [6, 6.07) is 16.5. The second kappa shape index (κ2) is 9.03. The third-order valence-electron chi connectivity index (χ3n) is 4.80. The first-order chi connectivity index (χ1) is 14.3. The molecule has 0 spiro atoms. The van der Waals surface area contributed by atoms with E-state index in [0.29, 0.717) is 11.7 Å². The van der Waals surface area contributed by atoms with E-state index in [9.17, 15) is 0 Å². The van der Waals surface area contributed by atoms with E-state index in [1.807, 2.05) is 29.6 Å². The molecule has 2 aromatic carbocycles. The van der Waals surface area contributed by atoms with Crippen molar-refractivity contribution in [2.45, 2.75) is 19.3 Å². The van der Waals surface area contributed by atoms with Gasteiger partial charge < -0.3 is 15.0 Å². The Hall–Kier alpha value is -2.96. The van der Waals surface area contributed by atoms with Crippen molar-refractivity contribution in [1.29, 1.82) is 0 Å². The largest absolute Gasteiger partial charge is 0.497 e. The van der Waals surface area contributed by atoms with Gasteiger partial charge in [-0.05, 0) is 71.3 Å². The number of nitrogens with zero attached hydrogens (tertiary/aromatic N) is 2. The van der Waals surface area contributed by atoms with Crippen LogP contribution in [0.15, 0.2) is 58.4 Å². The molecule has 4 rings (SSSR count). The molecule has 0 saturated carbocycles. The first kappa shape index (κ1) is 19.4. The molecule has 5 nitrogen and oxygen atoms in total. The van der Waals surface area contributed by atoms with E-state index in [4.69, 9.17) is 9.26 Å². The summed E-state index contributed by atoms with van der Waals surface area (Å²) in [5.41, 5.74) is 6.12. The molecule has 0 fully saturated rings. The number of allylic oxidation sites excluding steroid dienone is 1. The van der Waals surface area contributed by atoms with Crippen molar-refractivity contribution in [3.05, 3.63) is 65.4 Å². The van der Waals surface area contributed by atoms with Crippen LogP contribution in [0.25, 0.3) is 33.1 Å². The Morgan fingerprint density at radius 1 is 1.14 bits per heavy atom. The molecule has 0 unspecified atom stereocenters. The lowest BCUT2D eigenvalue weighted by Crippen LogP contribution is -2.50. The lowest BCUT2D eigenvalue weighted by atomic mass is 10.0. The fraction of sp³-hybridized carbons (Fsp3) is 0.217. The minimum absolute atomic E-state index is 0.590. The zero-order chi connectivity index (χ0) is 20.1. The monoisotopic (exact) mass is 406 g/mol. The van der Waals surface area contributed by atoms with Gasteiger partial charge in [-0.2, -0.15) is 4.98 Å². The van der Waals surface area contributed by atoms with Gasteiger partial charge in [0.2, 0.25) is 5.82 Å². The molecule has 0 aliphatic rings. The normalized spacial score (nSPS) is 11.9. The van der Waals surface area contributed by atoms with Crippen LogP contribution >= 0.6 is 11.3 Å². The van der Waals surface area contributed by atoms with E-state index in [0.717, 1.165) is 53.0 Å². The first-order valence-electron chi connectivity index (χ1n) is 9.72. The number of thiophene rings is 1. The minimum atomic E-state index is 0.590. The molecule has 148 valence electrons. The Morgan fingerprint density at radius 3 is 2.79 bits per heavy atom. The predicted octanol–water partition coefficient (Wildman–Crippen LogP) is 4.91. The average molecular weight is 407 g/mol. The maximum atomic E-state index is 5.62. The van der Waals surface area contributed by atoms with Crippen LogP contribution in [0.4, 0.5) is 0 Å². The van der Waals surface area contributed by atoms with E-state index in [-0.39, 0.29) is 0 Å². The van der Waals surface area contributed by atoms with Gasteiger partial charge in [-0.1, -0.05) is 29.4 Å². The van der Waals surface area contributed by atoms with Gasteiger partial charge in [-0.15, -0.1) is 11.3 Å². The summed E-state index contributed by atoms with van der Waals surface area (Å²) in [5, 5.41) is 8.51. The molecule has 4 aromatic rings. The van der Waals surface area contributed by atoms with Crippen LogP contribution < -0.4 is 10.5 Å². The number of methoxy groups -OCH3 is 1. The molecule has 0 amide bonds. The van der Waals surface area contributed by atoms with Gasteiger partial charge in [0.25, 0.3) is 5.89 Å². The quantitative estimate of drug-likeness (QED) is 0.422. The number of hydrogen-bond donors (Lipinski definition) is 1. The fourth-order valence-corrected chi connectivity index (χ4v) is 3.90. The first-order valence-corrected chi connectivity index (χ1v) is 10.6. The fourth-order valence-electron chi connectivity index (χ4n) is 3.25. The maximum absolute atomic E-state index is 5.62. The van der Waals surface area contributed by atoms with Gasteiger partial charge in [0, 0.05) is 5.57 Å².